The van der Waals surface area contributed by atoms with E-state index in [-0.39, 0.29) is 11.9 Å². The quantitative estimate of drug-likeness (QED) is 0.847. The summed E-state index contributed by atoms with van der Waals surface area (Å²) < 4.78 is 0. The van der Waals surface area contributed by atoms with Crippen LogP contribution in [0.1, 0.15) is 48.8 Å². The molecule has 1 amide bonds. The minimum Gasteiger partial charge on any atom is -0.347 e. The molecule has 5 heteroatoms. The summed E-state index contributed by atoms with van der Waals surface area (Å²) in [5.41, 5.74) is 1.06. The van der Waals surface area contributed by atoms with Crippen LogP contribution in [-0.4, -0.2) is 24.0 Å². The number of hydrogen-bond acceptors (Lipinski definition) is 4. The van der Waals surface area contributed by atoms with Crippen LogP contribution in [0.3, 0.4) is 0 Å². The molecule has 1 aromatic rings. The molecular formula is C15H23N3OS. The van der Waals surface area contributed by atoms with Gasteiger partial charge in [-0.25, -0.2) is 4.98 Å². The third-order valence-electron chi connectivity index (χ3n) is 4.25. The van der Waals surface area contributed by atoms with Crippen molar-refractivity contribution >= 4 is 17.2 Å². The van der Waals surface area contributed by atoms with Crippen molar-refractivity contribution in [2.45, 2.75) is 45.1 Å². The number of aryl methyl sites for hydroxylation is 1. The summed E-state index contributed by atoms with van der Waals surface area (Å²) >= 11 is 1.68. The summed E-state index contributed by atoms with van der Waals surface area (Å²) in [6.45, 7) is 4.19. The first-order valence-corrected chi connectivity index (χ1v) is 8.52. The van der Waals surface area contributed by atoms with Gasteiger partial charge in [0.05, 0.1) is 6.04 Å². The highest BCUT2D eigenvalue weighted by Gasteiger charge is 2.35. The standard InChI is InChI=1S/C15H23N3OS/c1-10-9-20-15(17-10)14(12-3-4-12)18-13(19)5-2-11-6-7-16-8-11/h9,11-12,14,16H,2-8H2,1H3,(H,18,19). The molecule has 4 nitrogen and oxygen atoms in total. The minimum absolute atomic E-state index is 0.155. The van der Waals surface area contributed by atoms with Crippen LogP contribution in [-0.2, 0) is 4.79 Å². The normalized spacial score (nSPS) is 23.8. The van der Waals surface area contributed by atoms with Gasteiger partial charge < -0.3 is 10.6 Å². The van der Waals surface area contributed by atoms with Crippen molar-refractivity contribution in [3.8, 4) is 0 Å². The van der Waals surface area contributed by atoms with E-state index in [0.717, 1.165) is 30.2 Å². The van der Waals surface area contributed by atoms with Crippen LogP contribution in [0.5, 0.6) is 0 Å². The summed E-state index contributed by atoms with van der Waals surface area (Å²) in [6, 6.07) is 0.155. The number of thiazole rings is 1. The molecule has 2 N–H and O–H groups in total. The van der Waals surface area contributed by atoms with Crippen molar-refractivity contribution in [1.29, 1.82) is 0 Å². The van der Waals surface area contributed by atoms with Crippen LogP contribution < -0.4 is 10.6 Å². The Morgan fingerprint density at radius 2 is 2.40 bits per heavy atom. The molecule has 20 heavy (non-hydrogen) atoms. The van der Waals surface area contributed by atoms with Crippen LogP contribution in [0.4, 0.5) is 0 Å². The third kappa shape index (κ3) is 3.58. The number of aromatic nitrogens is 1. The molecule has 1 aromatic heterocycles. The SMILES string of the molecule is Cc1csc(C(NC(=O)CCC2CCNC2)C2CC2)n1. The van der Waals surface area contributed by atoms with Crippen molar-refractivity contribution in [2.24, 2.45) is 11.8 Å². The van der Waals surface area contributed by atoms with Gasteiger partial charge in [0.1, 0.15) is 5.01 Å². The van der Waals surface area contributed by atoms with Crippen LogP contribution in [0.2, 0.25) is 0 Å². The van der Waals surface area contributed by atoms with E-state index in [1.54, 1.807) is 11.3 Å². The molecule has 1 saturated heterocycles. The number of hydrogen-bond donors (Lipinski definition) is 2. The molecule has 0 spiro atoms. The Kier molecular flexibility index (Phi) is 4.36. The zero-order chi connectivity index (χ0) is 13.9. The average molecular weight is 293 g/mol. The second-order valence-corrected chi connectivity index (χ2v) is 7.00. The van der Waals surface area contributed by atoms with Crippen LogP contribution in [0.25, 0.3) is 0 Å². The summed E-state index contributed by atoms with van der Waals surface area (Å²) in [5, 5.41) is 9.73. The molecule has 1 aliphatic carbocycles. The summed E-state index contributed by atoms with van der Waals surface area (Å²) in [4.78, 5) is 16.7. The maximum atomic E-state index is 12.2. The molecule has 3 rings (SSSR count). The molecule has 0 radical (unpaired) electrons. The first-order valence-electron chi connectivity index (χ1n) is 7.64. The highest BCUT2D eigenvalue weighted by Crippen LogP contribution is 2.41. The van der Waals surface area contributed by atoms with Gasteiger partial charge in [0, 0.05) is 17.5 Å². The van der Waals surface area contributed by atoms with Gasteiger partial charge in [-0.1, -0.05) is 0 Å². The topological polar surface area (TPSA) is 54.0 Å². The fraction of sp³-hybridized carbons (Fsp3) is 0.733. The zero-order valence-corrected chi connectivity index (χ0v) is 12.8. The molecule has 110 valence electrons. The lowest BCUT2D eigenvalue weighted by Gasteiger charge is -2.16. The molecule has 2 heterocycles. The van der Waals surface area contributed by atoms with Crippen molar-refractivity contribution in [3.05, 3.63) is 16.1 Å². The fourth-order valence-electron chi connectivity index (χ4n) is 2.87. The van der Waals surface area contributed by atoms with Gasteiger partial charge >= 0.3 is 0 Å². The van der Waals surface area contributed by atoms with Gasteiger partial charge in [-0.05, 0) is 57.5 Å². The molecule has 2 unspecified atom stereocenters. The van der Waals surface area contributed by atoms with Crippen molar-refractivity contribution in [1.82, 2.24) is 15.6 Å². The smallest absolute Gasteiger partial charge is 0.220 e. The van der Waals surface area contributed by atoms with Gasteiger partial charge in [-0.2, -0.15) is 0 Å². The average Bonchev–Trinajstić information content (AvgIpc) is 2.96. The zero-order valence-electron chi connectivity index (χ0n) is 12.0. The number of rotatable bonds is 6. The summed E-state index contributed by atoms with van der Waals surface area (Å²) in [5.74, 6) is 1.49. The molecular weight excluding hydrogens is 270 g/mol. The van der Waals surface area contributed by atoms with Gasteiger partial charge in [0.2, 0.25) is 5.91 Å². The van der Waals surface area contributed by atoms with E-state index in [9.17, 15) is 4.79 Å². The van der Waals surface area contributed by atoms with Gasteiger partial charge in [0.15, 0.2) is 0 Å². The Labute approximate surface area is 124 Å². The monoisotopic (exact) mass is 293 g/mol. The summed E-state index contributed by atoms with van der Waals surface area (Å²) in [6.07, 6.45) is 5.31. The molecule has 2 atom stereocenters. The van der Waals surface area contributed by atoms with E-state index in [4.69, 9.17) is 0 Å². The molecule has 0 aromatic carbocycles. The van der Waals surface area contributed by atoms with Crippen molar-refractivity contribution in [3.63, 3.8) is 0 Å². The predicted molar refractivity (Wildman–Crippen MR) is 80.7 cm³/mol. The first kappa shape index (κ1) is 14.0. The number of nitrogens with one attached hydrogen (secondary N) is 2. The highest BCUT2D eigenvalue weighted by atomic mass is 32.1. The minimum atomic E-state index is 0.155. The lowest BCUT2D eigenvalue weighted by Crippen LogP contribution is -2.30. The van der Waals surface area contributed by atoms with E-state index < -0.39 is 0 Å². The molecule has 1 saturated carbocycles. The first-order chi connectivity index (χ1) is 9.72. The third-order valence-corrected chi connectivity index (χ3v) is 5.30. The lowest BCUT2D eigenvalue weighted by atomic mass is 10.0. The van der Waals surface area contributed by atoms with E-state index in [2.05, 4.69) is 21.0 Å². The van der Waals surface area contributed by atoms with E-state index in [0.29, 0.717) is 18.3 Å². The summed E-state index contributed by atoms with van der Waals surface area (Å²) in [7, 11) is 0. The Bertz CT molecular complexity index is 463. The van der Waals surface area contributed by atoms with Crippen LogP contribution in [0.15, 0.2) is 5.38 Å². The van der Waals surface area contributed by atoms with Crippen LogP contribution >= 0.6 is 11.3 Å². The maximum absolute atomic E-state index is 12.2. The molecule has 2 fully saturated rings. The van der Waals surface area contributed by atoms with E-state index in [1.807, 2.05) is 6.92 Å². The highest BCUT2D eigenvalue weighted by molar-refractivity contribution is 7.09. The number of carbonyl (C=O) groups excluding carboxylic acids is 1. The Morgan fingerprint density at radius 3 is 3.00 bits per heavy atom. The Morgan fingerprint density at radius 1 is 1.55 bits per heavy atom. The van der Waals surface area contributed by atoms with Crippen molar-refractivity contribution in [2.75, 3.05) is 13.1 Å². The number of amides is 1. The Balaban J connectivity index is 1.52. The van der Waals surface area contributed by atoms with E-state index >= 15 is 0 Å². The fourth-order valence-corrected chi connectivity index (χ4v) is 3.81. The second kappa shape index (κ2) is 6.22. The maximum Gasteiger partial charge on any atom is 0.220 e. The van der Waals surface area contributed by atoms with Crippen LogP contribution in [0, 0.1) is 18.8 Å². The van der Waals surface area contributed by atoms with Gasteiger partial charge in [0.25, 0.3) is 0 Å². The second-order valence-electron chi connectivity index (χ2n) is 6.11. The van der Waals surface area contributed by atoms with Gasteiger partial charge in [-0.15, -0.1) is 11.3 Å². The predicted octanol–water partition coefficient (Wildman–Crippen LogP) is 2.41. The van der Waals surface area contributed by atoms with Crippen molar-refractivity contribution < 1.29 is 4.79 Å². The lowest BCUT2D eigenvalue weighted by molar-refractivity contribution is -0.122. The number of nitrogens with zero attached hydrogens (tertiary/aromatic N) is 1. The van der Waals surface area contributed by atoms with E-state index in [1.165, 1.54) is 19.3 Å². The van der Waals surface area contributed by atoms with Gasteiger partial charge in [-0.3, -0.25) is 4.79 Å². The Hall–Kier alpha value is -0.940. The molecule has 0 bridgehead atoms. The largest absolute Gasteiger partial charge is 0.347 e. The molecule has 2 aliphatic rings. The number of carbonyl (C=O) groups is 1. The molecule has 1 aliphatic heterocycles.